The Labute approximate surface area is 117 Å². The van der Waals surface area contributed by atoms with Gasteiger partial charge in [-0.25, -0.2) is 9.59 Å². The number of carboxylic acids is 1. The van der Waals surface area contributed by atoms with E-state index in [1.54, 1.807) is 17.0 Å². The molecule has 1 aliphatic carbocycles. The Balaban J connectivity index is 1.83. The number of amides is 2. The largest absolute Gasteiger partial charge is 0.478 e. The lowest BCUT2D eigenvalue weighted by Crippen LogP contribution is -2.43. The molecule has 0 spiro atoms. The predicted octanol–water partition coefficient (Wildman–Crippen LogP) is 2.26. The van der Waals surface area contributed by atoms with Crippen LogP contribution in [0.4, 0.5) is 10.5 Å². The number of anilines is 1. The van der Waals surface area contributed by atoms with E-state index in [0.29, 0.717) is 24.4 Å². The van der Waals surface area contributed by atoms with E-state index in [1.165, 1.54) is 12.8 Å². The first-order valence-electron chi connectivity index (χ1n) is 7.07. The van der Waals surface area contributed by atoms with Gasteiger partial charge in [-0.05, 0) is 49.3 Å². The predicted molar refractivity (Wildman–Crippen MR) is 75.2 cm³/mol. The van der Waals surface area contributed by atoms with Crippen molar-refractivity contribution in [1.82, 2.24) is 5.32 Å². The van der Waals surface area contributed by atoms with Crippen molar-refractivity contribution >= 4 is 17.7 Å². The molecule has 1 heterocycles. The van der Waals surface area contributed by atoms with Crippen molar-refractivity contribution in [2.24, 2.45) is 5.92 Å². The molecule has 106 valence electrons. The zero-order valence-corrected chi connectivity index (χ0v) is 11.3. The van der Waals surface area contributed by atoms with E-state index in [0.717, 1.165) is 24.2 Å². The van der Waals surface area contributed by atoms with Crippen LogP contribution in [0.3, 0.4) is 0 Å². The van der Waals surface area contributed by atoms with Gasteiger partial charge in [-0.2, -0.15) is 0 Å². The molecule has 1 aromatic carbocycles. The lowest BCUT2D eigenvalue weighted by molar-refractivity contribution is 0.0695. The summed E-state index contributed by atoms with van der Waals surface area (Å²) in [6.45, 7) is 1.37. The fraction of sp³-hybridized carbons (Fsp3) is 0.467. The maximum absolute atomic E-state index is 12.2. The average molecular weight is 274 g/mol. The van der Waals surface area contributed by atoms with E-state index in [2.05, 4.69) is 5.32 Å². The third-order valence-corrected chi connectivity index (χ3v) is 3.97. The number of carbonyl (C=O) groups is 2. The highest BCUT2D eigenvalue weighted by molar-refractivity contribution is 5.97. The molecule has 0 bridgehead atoms. The first kappa shape index (κ1) is 13.0. The number of hydrogen-bond donors (Lipinski definition) is 2. The van der Waals surface area contributed by atoms with Crippen LogP contribution < -0.4 is 10.2 Å². The van der Waals surface area contributed by atoms with Crippen molar-refractivity contribution in [3.05, 3.63) is 29.3 Å². The van der Waals surface area contributed by atoms with Crippen molar-refractivity contribution in [3.63, 3.8) is 0 Å². The van der Waals surface area contributed by atoms with Crippen LogP contribution in [0.25, 0.3) is 0 Å². The van der Waals surface area contributed by atoms with E-state index in [4.69, 9.17) is 0 Å². The van der Waals surface area contributed by atoms with Gasteiger partial charge in [-0.1, -0.05) is 6.07 Å². The summed E-state index contributed by atoms with van der Waals surface area (Å²) in [5.74, 6) is -0.296. The molecule has 2 amide bonds. The van der Waals surface area contributed by atoms with Crippen LogP contribution in [0.5, 0.6) is 0 Å². The third kappa shape index (κ3) is 2.48. The maximum Gasteiger partial charge on any atom is 0.336 e. The zero-order chi connectivity index (χ0) is 14.1. The van der Waals surface area contributed by atoms with Crippen LogP contribution >= 0.6 is 0 Å². The summed E-state index contributed by atoms with van der Waals surface area (Å²) in [5.41, 5.74) is 1.82. The lowest BCUT2D eigenvalue weighted by Gasteiger charge is -2.30. The number of fused-ring (bicyclic) bond motifs is 1. The Morgan fingerprint density at radius 2 is 2.15 bits per heavy atom. The number of carbonyl (C=O) groups excluding carboxylic acids is 1. The molecule has 1 saturated carbocycles. The van der Waals surface area contributed by atoms with Gasteiger partial charge in [0.1, 0.15) is 0 Å². The Morgan fingerprint density at radius 3 is 2.85 bits per heavy atom. The summed E-state index contributed by atoms with van der Waals surface area (Å²) in [5, 5.41) is 12.2. The number of aromatic carboxylic acids is 1. The quantitative estimate of drug-likeness (QED) is 0.888. The molecule has 20 heavy (non-hydrogen) atoms. The summed E-state index contributed by atoms with van der Waals surface area (Å²) in [4.78, 5) is 25.2. The first-order chi connectivity index (χ1) is 9.66. The highest BCUT2D eigenvalue weighted by Gasteiger charge is 2.27. The van der Waals surface area contributed by atoms with Crippen LogP contribution in [-0.2, 0) is 6.42 Å². The molecule has 0 atom stereocenters. The number of rotatable bonds is 3. The van der Waals surface area contributed by atoms with Gasteiger partial charge in [-0.15, -0.1) is 0 Å². The molecule has 0 saturated heterocycles. The van der Waals surface area contributed by atoms with Gasteiger partial charge in [0.15, 0.2) is 0 Å². The number of benzene rings is 1. The molecule has 0 radical (unpaired) electrons. The minimum absolute atomic E-state index is 0.111. The van der Waals surface area contributed by atoms with Crippen molar-refractivity contribution in [2.45, 2.75) is 25.7 Å². The van der Waals surface area contributed by atoms with Crippen molar-refractivity contribution in [3.8, 4) is 0 Å². The molecular formula is C15H18N2O3. The highest BCUT2D eigenvalue weighted by atomic mass is 16.4. The number of hydrogen-bond acceptors (Lipinski definition) is 2. The Bertz CT molecular complexity index is 552. The number of nitrogens with one attached hydrogen (secondary N) is 1. The summed E-state index contributed by atoms with van der Waals surface area (Å²) < 4.78 is 0. The Morgan fingerprint density at radius 1 is 1.35 bits per heavy atom. The fourth-order valence-electron chi connectivity index (χ4n) is 2.69. The van der Waals surface area contributed by atoms with Gasteiger partial charge in [0.2, 0.25) is 0 Å². The summed E-state index contributed by atoms with van der Waals surface area (Å²) >= 11 is 0. The molecule has 5 nitrogen and oxygen atoms in total. The Kier molecular flexibility index (Phi) is 3.34. The van der Waals surface area contributed by atoms with Gasteiger partial charge in [-0.3, -0.25) is 4.90 Å². The van der Waals surface area contributed by atoms with E-state index in [-0.39, 0.29) is 6.03 Å². The molecule has 0 aromatic heterocycles. The van der Waals surface area contributed by atoms with Crippen LogP contribution in [0.2, 0.25) is 0 Å². The minimum Gasteiger partial charge on any atom is -0.478 e. The second kappa shape index (κ2) is 5.15. The molecular weight excluding hydrogens is 256 g/mol. The lowest BCUT2D eigenvalue weighted by atomic mass is 9.96. The van der Waals surface area contributed by atoms with Crippen LogP contribution in [0, 0.1) is 5.92 Å². The minimum atomic E-state index is -0.929. The van der Waals surface area contributed by atoms with Gasteiger partial charge < -0.3 is 10.4 Å². The van der Waals surface area contributed by atoms with Gasteiger partial charge in [0.05, 0.1) is 5.56 Å². The monoisotopic (exact) mass is 274 g/mol. The standard InChI is InChI=1S/C15H18N2O3/c18-14(19)12-3-1-5-13-11(12)4-2-8-17(13)15(20)16-9-10-6-7-10/h1,3,5,10H,2,4,6-9H2,(H,16,20)(H,18,19). The highest BCUT2D eigenvalue weighted by Crippen LogP contribution is 2.31. The SMILES string of the molecule is O=C(O)c1cccc2c1CCCN2C(=O)NCC1CC1. The maximum atomic E-state index is 12.2. The van der Waals surface area contributed by atoms with E-state index in [1.807, 2.05) is 6.07 Å². The molecule has 5 heteroatoms. The van der Waals surface area contributed by atoms with Crippen LogP contribution in [0.15, 0.2) is 18.2 Å². The molecule has 3 rings (SSSR count). The van der Waals surface area contributed by atoms with E-state index >= 15 is 0 Å². The zero-order valence-electron chi connectivity index (χ0n) is 11.3. The number of urea groups is 1. The topological polar surface area (TPSA) is 69.6 Å². The summed E-state index contributed by atoms with van der Waals surface area (Å²) in [6.07, 6.45) is 3.90. The number of carboxylic acid groups (broad SMARTS) is 1. The second-order valence-corrected chi connectivity index (χ2v) is 5.49. The van der Waals surface area contributed by atoms with Crippen LogP contribution in [0.1, 0.15) is 35.2 Å². The van der Waals surface area contributed by atoms with Gasteiger partial charge in [0, 0.05) is 18.8 Å². The second-order valence-electron chi connectivity index (χ2n) is 5.49. The van der Waals surface area contributed by atoms with Gasteiger partial charge in [0.25, 0.3) is 0 Å². The molecule has 0 unspecified atom stereocenters. The van der Waals surface area contributed by atoms with E-state index in [9.17, 15) is 14.7 Å². The Hall–Kier alpha value is -2.04. The average Bonchev–Trinajstić information content (AvgIpc) is 3.27. The normalized spacial score (nSPS) is 17.5. The fourth-order valence-corrected chi connectivity index (χ4v) is 2.69. The third-order valence-electron chi connectivity index (χ3n) is 3.97. The molecule has 2 N–H and O–H groups in total. The molecule has 2 aliphatic rings. The van der Waals surface area contributed by atoms with Crippen molar-refractivity contribution in [2.75, 3.05) is 18.0 Å². The van der Waals surface area contributed by atoms with Crippen molar-refractivity contribution in [1.29, 1.82) is 0 Å². The van der Waals surface area contributed by atoms with E-state index < -0.39 is 5.97 Å². The molecule has 1 aliphatic heterocycles. The molecule has 1 aromatic rings. The summed E-state index contributed by atoms with van der Waals surface area (Å²) in [7, 11) is 0. The van der Waals surface area contributed by atoms with Crippen molar-refractivity contribution < 1.29 is 14.7 Å². The number of nitrogens with zero attached hydrogens (tertiary/aromatic N) is 1. The first-order valence-corrected chi connectivity index (χ1v) is 7.07. The molecule has 1 fully saturated rings. The van der Waals surface area contributed by atoms with Crippen LogP contribution in [-0.4, -0.2) is 30.2 Å². The summed E-state index contributed by atoms with van der Waals surface area (Å²) in [6, 6.07) is 5.03. The smallest absolute Gasteiger partial charge is 0.336 e. The van der Waals surface area contributed by atoms with Gasteiger partial charge >= 0.3 is 12.0 Å².